The molecule has 12 nitrogen and oxygen atoms in total. The Hall–Kier alpha value is -3.15. The van der Waals surface area contributed by atoms with Gasteiger partial charge in [-0.05, 0) is 0 Å². The summed E-state index contributed by atoms with van der Waals surface area (Å²) in [7, 11) is 0. The van der Waals surface area contributed by atoms with Gasteiger partial charge in [0.05, 0.1) is 12.8 Å². The third kappa shape index (κ3) is 3.94. The van der Waals surface area contributed by atoms with Crippen LogP contribution in [0.3, 0.4) is 0 Å². The monoisotopic (exact) mass is 326 g/mol. The number of carbonyl (C=O) groups is 5. The number of urea groups is 2. The van der Waals surface area contributed by atoms with Gasteiger partial charge in [0.2, 0.25) is 11.8 Å². The van der Waals surface area contributed by atoms with E-state index in [0.29, 0.717) is 11.4 Å². The van der Waals surface area contributed by atoms with Crippen molar-refractivity contribution in [1.29, 1.82) is 0 Å². The van der Waals surface area contributed by atoms with Gasteiger partial charge in [-0.1, -0.05) is 0 Å². The molecule has 6 amide bonds. The Morgan fingerprint density at radius 1 is 1.09 bits per heavy atom. The van der Waals surface area contributed by atoms with E-state index in [4.69, 9.17) is 5.73 Å². The van der Waals surface area contributed by atoms with E-state index in [1.807, 2.05) is 0 Å². The van der Waals surface area contributed by atoms with Gasteiger partial charge in [-0.25, -0.2) is 9.59 Å². The molecule has 12 heteroatoms. The average molecular weight is 326 g/mol. The summed E-state index contributed by atoms with van der Waals surface area (Å²) in [5.41, 5.74) is 5.21. The number of amides is 6. The number of ketones is 1. The van der Waals surface area contributed by atoms with Crippen molar-refractivity contribution in [3.8, 4) is 0 Å². The number of rotatable bonds is 1. The van der Waals surface area contributed by atoms with E-state index in [9.17, 15) is 29.1 Å². The van der Waals surface area contributed by atoms with Crippen molar-refractivity contribution in [3.63, 3.8) is 0 Å². The third-order valence-corrected chi connectivity index (χ3v) is 3.02. The molecule has 0 aromatic heterocycles. The van der Waals surface area contributed by atoms with Crippen LogP contribution in [0.4, 0.5) is 9.59 Å². The van der Waals surface area contributed by atoms with Crippen LogP contribution in [-0.4, -0.2) is 47.2 Å². The Kier molecular flexibility index (Phi) is 4.45. The predicted octanol–water partition coefficient (Wildman–Crippen LogP) is -3.58. The van der Waals surface area contributed by atoms with Crippen molar-refractivity contribution >= 4 is 29.7 Å². The second-order valence-electron chi connectivity index (χ2n) is 4.78. The number of nitrogens with one attached hydrogen (secondary N) is 5. The zero-order valence-electron chi connectivity index (χ0n) is 11.6. The minimum absolute atomic E-state index is 0.129. The maximum absolute atomic E-state index is 10.8. The molecule has 3 aliphatic rings. The smallest absolute Gasteiger partial charge is 0.322 e. The Morgan fingerprint density at radius 2 is 1.78 bits per heavy atom. The van der Waals surface area contributed by atoms with Crippen LogP contribution in [0.2, 0.25) is 0 Å². The molecule has 0 saturated carbocycles. The van der Waals surface area contributed by atoms with Crippen LogP contribution in [0, 0.1) is 0 Å². The lowest BCUT2D eigenvalue weighted by atomic mass is 10.2. The zero-order valence-corrected chi connectivity index (χ0v) is 11.6. The van der Waals surface area contributed by atoms with Gasteiger partial charge in [-0.2, -0.15) is 0 Å². The van der Waals surface area contributed by atoms with Crippen molar-refractivity contribution in [2.75, 3.05) is 0 Å². The summed E-state index contributed by atoms with van der Waals surface area (Å²) >= 11 is 0. The predicted molar refractivity (Wildman–Crippen MR) is 71.7 cm³/mol. The Bertz CT molecular complexity index is 628. The van der Waals surface area contributed by atoms with Crippen LogP contribution in [0.15, 0.2) is 11.4 Å². The highest BCUT2D eigenvalue weighted by Crippen LogP contribution is 2.17. The number of primary amides is 1. The van der Waals surface area contributed by atoms with Crippen LogP contribution in [-0.2, 0) is 14.4 Å². The molecule has 1 saturated heterocycles. The molecule has 23 heavy (non-hydrogen) atoms. The molecule has 8 N–H and O–H groups in total. The molecule has 124 valence electrons. The molecule has 0 radical (unpaired) electrons. The van der Waals surface area contributed by atoms with E-state index >= 15 is 0 Å². The molecule has 0 aliphatic carbocycles. The first-order valence-corrected chi connectivity index (χ1v) is 6.43. The van der Waals surface area contributed by atoms with E-state index in [-0.39, 0.29) is 24.5 Å². The average Bonchev–Trinajstić information content (AvgIpc) is 2.92. The van der Waals surface area contributed by atoms with Gasteiger partial charge >= 0.3 is 12.1 Å². The molecule has 0 aromatic rings. The highest BCUT2D eigenvalue weighted by atomic mass is 16.3. The summed E-state index contributed by atoms with van der Waals surface area (Å²) in [5, 5.41) is 20.6. The molecule has 0 spiro atoms. The van der Waals surface area contributed by atoms with Crippen LogP contribution in [0.25, 0.3) is 0 Å². The van der Waals surface area contributed by atoms with E-state index < -0.39 is 30.4 Å². The number of aliphatic hydroxyl groups is 1. The van der Waals surface area contributed by atoms with E-state index in [1.165, 1.54) is 0 Å². The SMILES string of the molecule is NC(=O)NC1NC(=O)CC1=O.O=C1CC2=C(N1)NC(=O)N[C@H]2O. The first-order valence-electron chi connectivity index (χ1n) is 6.43. The molecule has 3 aliphatic heterocycles. The summed E-state index contributed by atoms with van der Waals surface area (Å²) in [5.74, 6) is -0.665. The number of nitrogens with two attached hydrogens (primary N) is 1. The fourth-order valence-electron chi connectivity index (χ4n) is 2.04. The fraction of sp³-hybridized carbons (Fsp3) is 0.364. The van der Waals surface area contributed by atoms with Crippen molar-refractivity contribution in [2.24, 2.45) is 5.73 Å². The second-order valence-corrected chi connectivity index (χ2v) is 4.78. The molecular weight excluding hydrogens is 312 g/mol. The van der Waals surface area contributed by atoms with Crippen molar-refractivity contribution in [1.82, 2.24) is 26.6 Å². The lowest BCUT2D eigenvalue weighted by Crippen LogP contribution is -2.49. The number of aliphatic hydroxyl groups excluding tert-OH is 1. The standard InChI is InChI=1S/C6H7N3O3.C5H7N3O3/c10-3-1-2-4(7-3)8-6(12)9-5(2)11;6-5(11)8-4-2(9)1-3(10)7-4/h5,11H,1H2,(H,7,10)(H2,8,9,12);4H,1H2,(H,7,10)(H3,6,8,11)/t5-;/m0./s1. The summed E-state index contributed by atoms with van der Waals surface area (Å²) in [4.78, 5) is 53.1. The Balaban J connectivity index is 0.000000168. The van der Waals surface area contributed by atoms with E-state index in [0.717, 1.165) is 0 Å². The molecule has 3 rings (SSSR count). The number of carbonyl (C=O) groups excluding carboxylic acids is 5. The lowest BCUT2D eigenvalue weighted by Gasteiger charge is -2.20. The quantitative estimate of drug-likeness (QED) is 0.243. The molecule has 1 fully saturated rings. The molecule has 0 aromatic carbocycles. The van der Waals surface area contributed by atoms with Gasteiger partial charge in [-0.15, -0.1) is 0 Å². The second kappa shape index (κ2) is 6.31. The van der Waals surface area contributed by atoms with E-state index in [2.05, 4.69) is 26.6 Å². The first kappa shape index (κ1) is 16.2. The normalized spacial score (nSPS) is 25.4. The molecule has 1 unspecified atom stereocenters. The largest absolute Gasteiger partial charge is 0.369 e. The Labute approximate surface area is 128 Å². The van der Waals surface area contributed by atoms with Gasteiger partial charge in [0.15, 0.2) is 18.2 Å². The maximum atomic E-state index is 10.8. The van der Waals surface area contributed by atoms with Crippen molar-refractivity contribution in [3.05, 3.63) is 11.4 Å². The van der Waals surface area contributed by atoms with Crippen molar-refractivity contribution < 1.29 is 29.1 Å². The minimum Gasteiger partial charge on any atom is -0.369 e. The molecule has 0 bridgehead atoms. The van der Waals surface area contributed by atoms with Crippen molar-refractivity contribution in [2.45, 2.75) is 25.2 Å². The highest BCUT2D eigenvalue weighted by Gasteiger charge is 2.32. The van der Waals surface area contributed by atoms with Gasteiger partial charge in [0, 0.05) is 5.57 Å². The number of hydrogen-bond acceptors (Lipinski definition) is 6. The van der Waals surface area contributed by atoms with Gasteiger partial charge in [0.25, 0.3) is 0 Å². The zero-order chi connectivity index (χ0) is 17.1. The van der Waals surface area contributed by atoms with Gasteiger partial charge in [-0.3, -0.25) is 19.7 Å². The van der Waals surface area contributed by atoms with Crippen LogP contribution in [0.5, 0.6) is 0 Å². The minimum atomic E-state index is -1.05. The molecule has 3 heterocycles. The maximum Gasteiger partial charge on any atom is 0.322 e. The summed E-state index contributed by atoms with van der Waals surface area (Å²) in [6, 6.07) is -1.34. The number of hydrogen-bond donors (Lipinski definition) is 7. The number of Topliss-reactive ketones (excluding diaryl/α,β-unsaturated/α-hetero) is 1. The van der Waals surface area contributed by atoms with Gasteiger partial charge in [0.1, 0.15) is 5.82 Å². The molecular formula is C11H14N6O6. The third-order valence-electron chi connectivity index (χ3n) is 3.02. The van der Waals surface area contributed by atoms with Crippen LogP contribution < -0.4 is 32.3 Å². The first-order chi connectivity index (χ1) is 10.8. The highest BCUT2D eigenvalue weighted by molar-refractivity contribution is 6.08. The summed E-state index contributed by atoms with van der Waals surface area (Å²) in [6.07, 6.45) is -2.04. The fourth-order valence-corrected chi connectivity index (χ4v) is 2.04. The Morgan fingerprint density at radius 3 is 2.35 bits per heavy atom. The summed E-state index contributed by atoms with van der Waals surface area (Å²) in [6.45, 7) is 0. The lowest BCUT2D eigenvalue weighted by molar-refractivity contribution is -0.122. The van der Waals surface area contributed by atoms with Crippen LogP contribution >= 0.6 is 0 Å². The van der Waals surface area contributed by atoms with E-state index in [1.54, 1.807) is 0 Å². The topological polar surface area (TPSA) is 192 Å². The van der Waals surface area contributed by atoms with Gasteiger partial charge < -0.3 is 32.1 Å². The summed E-state index contributed by atoms with van der Waals surface area (Å²) < 4.78 is 0. The molecule has 2 atom stereocenters. The van der Waals surface area contributed by atoms with Crippen LogP contribution in [0.1, 0.15) is 12.8 Å².